The summed E-state index contributed by atoms with van der Waals surface area (Å²) in [6.07, 6.45) is 7.90. The zero-order valence-corrected chi connectivity index (χ0v) is 12.7. The van der Waals surface area contributed by atoms with Crippen LogP contribution in [0.3, 0.4) is 0 Å². The maximum atomic E-state index is 8.86. The Hall–Kier alpha value is -1.08. The van der Waals surface area contributed by atoms with Gasteiger partial charge in [0.1, 0.15) is 0 Å². The van der Waals surface area contributed by atoms with Crippen molar-refractivity contribution in [1.29, 1.82) is 0 Å². The summed E-state index contributed by atoms with van der Waals surface area (Å²) in [4.78, 5) is 0. The fourth-order valence-corrected chi connectivity index (χ4v) is 2.18. The van der Waals surface area contributed by atoms with E-state index in [4.69, 9.17) is 5.11 Å². The van der Waals surface area contributed by atoms with Crippen molar-refractivity contribution in [2.24, 2.45) is 5.92 Å². The first-order valence-electron chi connectivity index (χ1n) is 7.44. The molecule has 1 atom stereocenters. The number of aliphatic hydroxyl groups is 1. The molecule has 1 heteroatoms. The molecule has 0 fully saturated rings. The van der Waals surface area contributed by atoms with Crippen LogP contribution in [0, 0.1) is 12.8 Å². The Kier molecular flexibility index (Phi) is 7.50. The molecule has 0 spiro atoms. The summed E-state index contributed by atoms with van der Waals surface area (Å²) in [5.41, 5.74) is 4.23. The molecule has 1 aromatic rings. The smallest absolute Gasteiger partial charge is 0.0433 e. The molecule has 0 amide bonds. The Bertz CT molecular complexity index is 375. The second kappa shape index (κ2) is 8.92. The van der Waals surface area contributed by atoms with Gasteiger partial charge in [-0.05, 0) is 57.4 Å². The molecule has 1 unspecified atom stereocenters. The van der Waals surface area contributed by atoms with E-state index < -0.39 is 0 Å². The molecule has 0 aromatic heterocycles. The van der Waals surface area contributed by atoms with Crippen molar-refractivity contribution in [2.45, 2.75) is 52.9 Å². The number of allylic oxidation sites excluding steroid dienone is 2. The van der Waals surface area contributed by atoms with Gasteiger partial charge in [-0.3, -0.25) is 0 Å². The van der Waals surface area contributed by atoms with Crippen molar-refractivity contribution in [3.8, 4) is 0 Å². The third kappa shape index (κ3) is 7.17. The van der Waals surface area contributed by atoms with E-state index in [-0.39, 0.29) is 0 Å². The van der Waals surface area contributed by atoms with Crippen LogP contribution in [0.25, 0.3) is 0 Å². The van der Waals surface area contributed by atoms with Crippen molar-refractivity contribution >= 4 is 0 Å². The first-order chi connectivity index (χ1) is 9.11. The monoisotopic (exact) mass is 260 g/mol. The molecule has 0 heterocycles. The van der Waals surface area contributed by atoms with Gasteiger partial charge in [0.05, 0.1) is 0 Å². The Labute approximate surface area is 118 Å². The van der Waals surface area contributed by atoms with Crippen molar-refractivity contribution < 1.29 is 5.11 Å². The molecule has 0 saturated carbocycles. The molecule has 0 saturated heterocycles. The third-order valence-corrected chi connectivity index (χ3v) is 3.70. The van der Waals surface area contributed by atoms with Gasteiger partial charge in [-0.2, -0.15) is 0 Å². The fraction of sp³-hybridized carbons (Fsp3) is 0.556. The number of rotatable bonds is 8. The average molecular weight is 260 g/mol. The van der Waals surface area contributed by atoms with Crippen LogP contribution in [0.15, 0.2) is 35.9 Å². The second-order valence-corrected chi connectivity index (χ2v) is 5.73. The lowest BCUT2D eigenvalue weighted by Gasteiger charge is -2.08. The highest BCUT2D eigenvalue weighted by atomic mass is 16.3. The van der Waals surface area contributed by atoms with Crippen molar-refractivity contribution in [2.75, 3.05) is 6.61 Å². The summed E-state index contributed by atoms with van der Waals surface area (Å²) in [5.74, 6) is 0.631. The Balaban J connectivity index is 2.26. The lowest BCUT2D eigenvalue weighted by Crippen LogP contribution is -1.97. The minimum atomic E-state index is 0.317. The van der Waals surface area contributed by atoms with Gasteiger partial charge in [0.2, 0.25) is 0 Å². The second-order valence-electron chi connectivity index (χ2n) is 5.73. The van der Waals surface area contributed by atoms with E-state index in [0.29, 0.717) is 12.5 Å². The van der Waals surface area contributed by atoms with Gasteiger partial charge in [-0.15, -0.1) is 0 Å². The van der Waals surface area contributed by atoms with E-state index in [1.165, 1.54) is 23.1 Å². The van der Waals surface area contributed by atoms with Gasteiger partial charge in [0, 0.05) is 6.61 Å². The lowest BCUT2D eigenvalue weighted by atomic mass is 9.99. The Morgan fingerprint density at radius 3 is 2.53 bits per heavy atom. The highest BCUT2D eigenvalue weighted by Gasteiger charge is 2.00. The SMILES string of the molecule is C/C(=C\CCC(C)CCO)CCc1ccc(C)cc1. The van der Waals surface area contributed by atoms with Crippen LogP contribution in [0.2, 0.25) is 0 Å². The molecule has 0 aliphatic rings. The number of aryl methyl sites for hydroxylation is 2. The van der Waals surface area contributed by atoms with Gasteiger partial charge in [0.15, 0.2) is 0 Å². The highest BCUT2D eigenvalue weighted by molar-refractivity contribution is 5.22. The Morgan fingerprint density at radius 2 is 1.89 bits per heavy atom. The summed E-state index contributed by atoms with van der Waals surface area (Å²) in [5, 5.41) is 8.86. The van der Waals surface area contributed by atoms with Crippen LogP contribution in [0.4, 0.5) is 0 Å². The molecular weight excluding hydrogens is 232 g/mol. The van der Waals surface area contributed by atoms with Crippen LogP contribution in [0.5, 0.6) is 0 Å². The fourth-order valence-electron chi connectivity index (χ4n) is 2.18. The van der Waals surface area contributed by atoms with Crippen LogP contribution in [-0.2, 0) is 6.42 Å². The molecule has 1 rings (SSSR count). The molecule has 0 bridgehead atoms. The zero-order chi connectivity index (χ0) is 14.1. The number of benzene rings is 1. The standard InChI is InChI=1S/C18H28O/c1-15(5-4-6-16(2)13-14-19)7-10-18-11-8-17(3)9-12-18/h5,8-9,11-12,16,19H,4,6-7,10,13-14H2,1-3H3/b15-5+. The minimum absolute atomic E-state index is 0.317. The van der Waals surface area contributed by atoms with E-state index in [9.17, 15) is 0 Å². The molecular formula is C18H28O. The van der Waals surface area contributed by atoms with Crippen LogP contribution in [0.1, 0.15) is 50.7 Å². The highest BCUT2D eigenvalue weighted by Crippen LogP contribution is 2.14. The van der Waals surface area contributed by atoms with Crippen molar-refractivity contribution in [3.63, 3.8) is 0 Å². The normalized spacial score (nSPS) is 13.6. The van der Waals surface area contributed by atoms with Gasteiger partial charge >= 0.3 is 0 Å². The predicted octanol–water partition coefficient (Wildman–Crippen LogP) is 4.67. The average Bonchev–Trinajstić information content (AvgIpc) is 2.38. The summed E-state index contributed by atoms with van der Waals surface area (Å²) >= 11 is 0. The molecule has 0 aliphatic heterocycles. The molecule has 1 nitrogen and oxygen atoms in total. The van der Waals surface area contributed by atoms with Gasteiger partial charge in [0.25, 0.3) is 0 Å². The maximum absolute atomic E-state index is 8.86. The van der Waals surface area contributed by atoms with Crippen LogP contribution >= 0.6 is 0 Å². The van der Waals surface area contributed by atoms with E-state index >= 15 is 0 Å². The number of hydrogen-bond acceptors (Lipinski definition) is 1. The zero-order valence-electron chi connectivity index (χ0n) is 12.7. The maximum Gasteiger partial charge on any atom is 0.0433 e. The summed E-state index contributed by atoms with van der Waals surface area (Å²) < 4.78 is 0. The quantitative estimate of drug-likeness (QED) is 0.673. The molecule has 19 heavy (non-hydrogen) atoms. The van der Waals surface area contributed by atoms with Crippen LogP contribution in [-0.4, -0.2) is 11.7 Å². The van der Waals surface area contributed by atoms with Crippen LogP contribution < -0.4 is 0 Å². The first-order valence-corrected chi connectivity index (χ1v) is 7.44. The third-order valence-electron chi connectivity index (χ3n) is 3.70. The molecule has 106 valence electrons. The van der Waals surface area contributed by atoms with Crippen molar-refractivity contribution in [1.82, 2.24) is 0 Å². The Morgan fingerprint density at radius 1 is 1.21 bits per heavy atom. The predicted molar refractivity (Wildman–Crippen MR) is 83.4 cm³/mol. The van der Waals surface area contributed by atoms with Gasteiger partial charge in [-0.25, -0.2) is 0 Å². The molecule has 1 aromatic carbocycles. The van der Waals surface area contributed by atoms with E-state index in [1.807, 2.05) is 0 Å². The lowest BCUT2D eigenvalue weighted by molar-refractivity contribution is 0.259. The van der Waals surface area contributed by atoms with Gasteiger partial charge in [-0.1, -0.05) is 48.4 Å². The summed E-state index contributed by atoms with van der Waals surface area (Å²) in [6, 6.07) is 8.83. The van der Waals surface area contributed by atoms with E-state index in [0.717, 1.165) is 25.7 Å². The molecule has 0 aliphatic carbocycles. The topological polar surface area (TPSA) is 20.2 Å². The summed E-state index contributed by atoms with van der Waals surface area (Å²) in [7, 11) is 0. The number of aliphatic hydroxyl groups excluding tert-OH is 1. The van der Waals surface area contributed by atoms with E-state index in [1.54, 1.807) is 0 Å². The number of hydrogen-bond donors (Lipinski definition) is 1. The van der Waals surface area contributed by atoms with Crippen molar-refractivity contribution in [3.05, 3.63) is 47.0 Å². The van der Waals surface area contributed by atoms with E-state index in [2.05, 4.69) is 51.1 Å². The first kappa shape index (κ1) is 16.0. The molecule has 1 N–H and O–H groups in total. The minimum Gasteiger partial charge on any atom is -0.396 e. The molecule has 0 radical (unpaired) electrons. The van der Waals surface area contributed by atoms with Gasteiger partial charge < -0.3 is 5.11 Å². The largest absolute Gasteiger partial charge is 0.396 e. The summed E-state index contributed by atoms with van der Waals surface area (Å²) in [6.45, 7) is 6.89.